The van der Waals surface area contributed by atoms with E-state index in [2.05, 4.69) is 106 Å². The quantitative estimate of drug-likeness (QED) is 0.0228. The highest BCUT2D eigenvalue weighted by molar-refractivity contribution is 5.74. The van der Waals surface area contributed by atoms with Gasteiger partial charge in [0.25, 0.3) is 0 Å². The Labute approximate surface area is 505 Å². The minimum absolute atomic E-state index is 0.0534. The molecular weight excluding hydrogens is 1040 g/mol. The molecule has 0 aromatic heterocycles. The molecule has 6 atom stereocenters. The van der Waals surface area contributed by atoms with Crippen LogP contribution in [0, 0.1) is 0 Å². The first-order valence-corrected chi connectivity index (χ1v) is 33.6. The van der Waals surface area contributed by atoms with E-state index in [1.807, 2.05) is 0 Å². The van der Waals surface area contributed by atoms with Gasteiger partial charge in [-0.3, -0.25) is 14.4 Å². The van der Waals surface area contributed by atoms with Crippen molar-refractivity contribution in [3.63, 3.8) is 0 Å². The number of unbranched alkanes of at least 4 members (excludes halogenated alkanes) is 29. The highest BCUT2D eigenvalue weighted by atomic mass is 16.7. The predicted molar refractivity (Wildman–Crippen MR) is 340 cm³/mol. The first-order chi connectivity index (χ1) is 40.6. The van der Waals surface area contributed by atoms with Gasteiger partial charge in [0.1, 0.15) is 18.8 Å². The van der Waals surface area contributed by atoms with Crippen LogP contribution in [-0.2, 0) is 42.9 Å². The summed E-state index contributed by atoms with van der Waals surface area (Å²) in [5.41, 5.74) is 0. The second-order valence-electron chi connectivity index (χ2n) is 22.7. The molecule has 0 amide bonds. The number of hydrogen-bond acceptors (Lipinski definition) is 11. The zero-order valence-electron chi connectivity index (χ0n) is 52.7. The second kappa shape index (κ2) is 58.3. The molecule has 0 aromatic rings. The molecule has 0 aromatic carbocycles. The molecule has 1 heterocycles. The van der Waals surface area contributed by atoms with E-state index in [0.717, 1.165) is 141 Å². The van der Waals surface area contributed by atoms with Crippen molar-refractivity contribution in [2.45, 2.75) is 327 Å². The third-order valence-corrected chi connectivity index (χ3v) is 14.9. The number of esters is 3. The molecule has 3 N–H and O–H groups in total. The number of aliphatic hydroxyl groups is 2. The van der Waals surface area contributed by atoms with Gasteiger partial charge in [0.15, 0.2) is 24.6 Å². The maximum absolute atomic E-state index is 13.2. The van der Waals surface area contributed by atoms with Gasteiger partial charge >= 0.3 is 23.9 Å². The Bertz CT molecular complexity index is 1760. The van der Waals surface area contributed by atoms with Gasteiger partial charge in [0.2, 0.25) is 0 Å². The van der Waals surface area contributed by atoms with Gasteiger partial charge in [-0.05, 0) is 116 Å². The van der Waals surface area contributed by atoms with Gasteiger partial charge in [-0.2, -0.15) is 0 Å². The van der Waals surface area contributed by atoms with Crippen LogP contribution in [0.1, 0.15) is 290 Å². The van der Waals surface area contributed by atoms with E-state index in [4.69, 9.17) is 23.7 Å². The molecule has 476 valence electrons. The van der Waals surface area contributed by atoms with E-state index in [-0.39, 0.29) is 25.9 Å². The average Bonchev–Trinajstić information content (AvgIpc) is 3.57. The van der Waals surface area contributed by atoms with Crippen LogP contribution in [-0.4, -0.2) is 89.2 Å². The van der Waals surface area contributed by atoms with Crippen molar-refractivity contribution < 1.29 is 58.2 Å². The monoisotopic (exact) mass is 1160 g/mol. The lowest BCUT2D eigenvalue weighted by Crippen LogP contribution is -2.61. The van der Waals surface area contributed by atoms with Crippen LogP contribution >= 0.6 is 0 Å². The van der Waals surface area contributed by atoms with Crippen molar-refractivity contribution in [3.05, 3.63) is 85.1 Å². The van der Waals surface area contributed by atoms with E-state index < -0.39 is 67.3 Å². The summed E-state index contributed by atoms with van der Waals surface area (Å²) in [6.45, 7) is 5.86. The van der Waals surface area contributed by atoms with Crippen molar-refractivity contribution >= 4 is 23.9 Å². The topological polar surface area (TPSA) is 175 Å². The average molecular weight is 1170 g/mol. The molecule has 83 heavy (non-hydrogen) atoms. The van der Waals surface area contributed by atoms with Crippen LogP contribution in [0.4, 0.5) is 0 Å². The van der Waals surface area contributed by atoms with Crippen molar-refractivity contribution in [1.82, 2.24) is 0 Å². The summed E-state index contributed by atoms with van der Waals surface area (Å²) < 4.78 is 28.5. The third kappa shape index (κ3) is 47.8. The number of hydrogen-bond donors (Lipinski definition) is 3. The number of ether oxygens (including phenoxy) is 5. The Kier molecular flexibility index (Phi) is 54.0. The fraction of sp³-hybridized carbons (Fsp3) is 0.746. The molecule has 12 nitrogen and oxygen atoms in total. The van der Waals surface area contributed by atoms with Crippen LogP contribution in [0.2, 0.25) is 0 Å². The molecule has 1 saturated heterocycles. The Morgan fingerprint density at radius 2 is 0.759 bits per heavy atom. The van der Waals surface area contributed by atoms with Gasteiger partial charge < -0.3 is 39.0 Å². The fourth-order valence-electron chi connectivity index (χ4n) is 9.80. The number of aliphatic hydroxyl groups excluding tert-OH is 2. The van der Waals surface area contributed by atoms with Gasteiger partial charge in [0, 0.05) is 19.3 Å². The zero-order chi connectivity index (χ0) is 60.3. The largest absolute Gasteiger partial charge is 0.479 e. The summed E-state index contributed by atoms with van der Waals surface area (Å²) in [7, 11) is 0. The Balaban J connectivity index is 2.66. The molecule has 0 aliphatic carbocycles. The first-order valence-electron chi connectivity index (χ1n) is 33.6. The maximum Gasteiger partial charge on any atom is 0.335 e. The number of carbonyl (C=O) groups is 4. The van der Waals surface area contributed by atoms with Crippen LogP contribution in [0.3, 0.4) is 0 Å². The van der Waals surface area contributed by atoms with Crippen LogP contribution in [0.25, 0.3) is 0 Å². The summed E-state index contributed by atoms with van der Waals surface area (Å²) in [6, 6.07) is 0. The second-order valence-corrected chi connectivity index (χ2v) is 22.7. The van der Waals surface area contributed by atoms with Gasteiger partial charge in [-0.25, -0.2) is 4.79 Å². The number of carboxylic acids is 1. The number of carboxylic acid groups (broad SMARTS) is 1. The maximum atomic E-state index is 13.2. The van der Waals surface area contributed by atoms with E-state index in [9.17, 15) is 34.5 Å². The third-order valence-electron chi connectivity index (χ3n) is 14.9. The Morgan fingerprint density at radius 1 is 0.410 bits per heavy atom. The molecule has 0 radical (unpaired) electrons. The van der Waals surface area contributed by atoms with Gasteiger partial charge in [-0.15, -0.1) is 0 Å². The normalized spacial score (nSPS) is 18.1. The lowest BCUT2D eigenvalue weighted by Gasteiger charge is -2.40. The lowest BCUT2D eigenvalue weighted by atomic mass is 9.98. The zero-order valence-corrected chi connectivity index (χ0v) is 52.7. The van der Waals surface area contributed by atoms with Gasteiger partial charge in [0.05, 0.1) is 6.61 Å². The molecule has 0 spiro atoms. The summed E-state index contributed by atoms with van der Waals surface area (Å²) in [4.78, 5) is 51.4. The van der Waals surface area contributed by atoms with Crippen molar-refractivity contribution in [3.8, 4) is 0 Å². The molecule has 0 saturated carbocycles. The number of carbonyl (C=O) groups excluding carboxylic acids is 3. The number of aliphatic carboxylic acids is 1. The Morgan fingerprint density at radius 3 is 1.19 bits per heavy atom. The molecule has 12 heteroatoms. The fourth-order valence-corrected chi connectivity index (χ4v) is 9.80. The molecule has 6 unspecified atom stereocenters. The smallest absolute Gasteiger partial charge is 0.335 e. The summed E-state index contributed by atoms with van der Waals surface area (Å²) in [5, 5.41) is 31.6. The first kappa shape index (κ1) is 76.9. The van der Waals surface area contributed by atoms with Crippen molar-refractivity contribution in [2.75, 3.05) is 13.2 Å². The minimum atomic E-state index is -1.91. The molecule has 1 aliphatic rings. The highest BCUT2D eigenvalue weighted by Gasteiger charge is 2.50. The summed E-state index contributed by atoms with van der Waals surface area (Å²) in [5.74, 6) is -3.15. The molecule has 0 bridgehead atoms. The highest BCUT2D eigenvalue weighted by Crippen LogP contribution is 2.27. The predicted octanol–water partition coefficient (Wildman–Crippen LogP) is 18.2. The summed E-state index contributed by atoms with van der Waals surface area (Å²) >= 11 is 0. The number of rotatable bonds is 57. The standard InChI is InChI=1S/C71H120O12/c1-4-7-10-13-16-19-22-25-28-30-32-34-37-39-42-45-48-51-54-57-63(72)79-60-62(81-64(73)58-55-52-49-46-43-40-36-27-24-21-18-15-12-9-6-3)61-80-71-69(67(76)66(75)68(83-71)70(77)78)82-65(74)59-56-53-50-47-44-41-38-35-33-31-29-26-23-20-17-14-11-8-5-2/h7,10,16,18-19,21,25-29,32,34,36,62,66-69,71,75-76H,4-6,8-9,11-15,17,20,22-24,30-31,33,35,37-61H2,1-3H3,(H,77,78)/b10-7-,19-16-,21-18-,28-25-,29-26-,34-32-,36-27-. The van der Waals surface area contributed by atoms with E-state index in [0.29, 0.717) is 19.3 Å². The van der Waals surface area contributed by atoms with E-state index in [1.165, 1.54) is 89.9 Å². The van der Waals surface area contributed by atoms with Gasteiger partial charge in [-0.1, -0.05) is 241 Å². The SMILES string of the molecule is CC/C=C\C/C=C\C/C=C\C/C=C\CCCCCCCCC(=O)OCC(COC1OC(C(=O)O)C(O)C(O)C1OC(=O)CCCCCCCCCCC/C=C\CCCCCCCC)OC(=O)CCCCCCC/C=C\C/C=C\CCCCC. The lowest BCUT2D eigenvalue weighted by molar-refractivity contribution is -0.301. The van der Waals surface area contributed by atoms with Crippen molar-refractivity contribution in [2.24, 2.45) is 0 Å². The molecular formula is C71H120O12. The molecule has 1 fully saturated rings. The minimum Gasteiger partial charge on any atom is -0.479 e. The van der Waals surface area contributed by atoms with Crippen LogP contribution < -0.4 is 0 Å². The van der Waals surface area contributed by atoms with Crippen molar-refractivity contribution in [1.29, 1.82) is 0 Å². The number of allylic oxidation sites excluding steroid dienone is 14. The molecule has 1 rings (SSSR count). The van der Waals surface area contributed by atoms with E-state index in [1.54, 1.807) is 0 Å². The van der Waals surface area contributed by atoms with Crippen LogP contribution in [0.15, 0.2) is 85.1 Å². The Hall–Kier alpha value is -4.10. The van der Waals surface area contributed by atoms with E-state index >= 15 is 0 Å². The molecule has 1 aliphatic heterocycles. The van der Waals surface area contributed by atoms with Crippen LogP contribution in [0.5, 0.6) is 0 Å². The summed E-state index contributed by atoms with van der Waals surface area (Å²) in [6.07, 6.45) is 63.9.